The number of rotatable bonds is 5. The maximum Gasteiger partial charge on any atom is 0.415 e. The number of hydrogen-bond donors (Lipinski definition) is 0. The topological polar surface area (TPSA) is 55.8 Å². The van der Waals surface area contributed by atoms with Crippen LogP contribution >= 0.6 is 11.6 Å². The first-order chi connectivity index (χ1) is 11.5. The average Bonchev–Trinajstić information content (AvgIpc) is 2.57. The Morgan fingerprint density at radius 1 is 0.958 bits per heavy atom. The molecule has 126 valence electrons. The van der Waals surface area contributed by atoms with Gasteiger partial charge in [0.2, 0.25) is 0 Å². The van der Waals surface area contributed by atoms with Gasteiger partial charge in [-0.05, 0) is 44.2 Å². The normalized spacial score (nSPS) is 10.1. The van der Waals surface area contributed by atoms with Gasteiger partial charge in [-0.15, -0.1) is 0 Å². The molecule has 0 aromatic heterocycles. The van der Waals surface area contributed by atoms with E-state index in [0.717, 1.165) is 0 Å². The highest BCUT2D eigenvalue weighted by atomic mass is 35.5. The summed E-state index contributed by atoms with van der Waals surface area (Å²) in [6.45, 7) is 4.77. The number of benzene rings is 2. The van der Waals surface area contributed by atoms with E-state index in [1.165, 1.54) is 11.0 Å². The zero-order chi connectivity index (χ0) is 17.5. The Morgan fingerprint density at radius 2 is 1.58 bits per heavy atom. The lowest BCUT2D eigenvalue weighted by Crippen LogP contribution is -2.33. The van der Waals surface area contributed by atoms with Crippen molar-refractivity contribution in [2.24, 2.45) is 0 Å². The summed E-state index contributed by atoms with van der Waals surface area (Å²) in [6, 6.07) is 12.9. The van der Waals surface area contributed by atoms with Crippen LogP contribution in [0.25, 0.3) is 0 Å². The number of amides is 1. The van der Waals surface area contributed by atoms with Gasteiger partial charge in [-0.25, -0.2) is 9.59 Å². The van der Waals surface area contributed by atoms with E-state index in [1.807, 2.05) is 13.8 Å². The lowest BCUT2D eigenvalue weighted by molar-refractivity contribution is 0.0727. The first kappa shape index (κ1) is 17.8. The van der Waals surface area contributed by atoms with Crippen molar-refractivity contribution in [3.63, 3.8) is 0 Å². The Labute approximate surface area is 145 Å². The molecule has 0 aliphatic carbocycles. The molecule has 0 aliphatic rings. The Kier molecular flexibility index (Phi) is 6.21. The molecular weight excluding hydrogens is 330 g/mol. The van der Waals surface area contributed by atoms with Crippen LogP contribution in [0.5, 0.6) is 11.5 Å². The van der Waals surface area contributed by atoms with Gasteiger partial charge in [0.1, 0.15) is 0 Å². The maximum atomic E-state index is 12.2. The van der Waals surface area contributed by atoms with Gasteiger partial charge in [0.15, 0.2) is 11.5 Å². The number of carbonyl (C=O) groups is 2. The Morgan fingerprint density at radius 3 is 2.17 bits per heavy atom. The summed E-state index contributed by atoms with van der Waals surface area (Å²) >= 11 is 5.88. The summed E-state index contributed by atoms with van der Waals surface area (Å²) in [6.07, 6.45) is -0.494. The smallest absolute Gasteiger partial charge is 0.415 e. The number of nitrogens with zero attached hydrogens (tertiary/aromatic N) is 1. The maximum absolute atomic E-state index is 12.2. The van der Waals surface area contributed by atoms with Crippen LogP contribution in [0, 0.1) is 0 Å². The minimum Gasteiger partial charge on any atom is -0.419 e. The van der Waals surface area contributed by atoms with Gasteiger partial charge >= 0.3 is 12.1 Å². The highest BCUT2D eigenvalue weighted by Crippen LogP contribution is 2.28. The van der Waals surface area contributed by atoms with Crippen LogP contribution in [0.2, 0.25) is 5.02 Å². The summed E-state index contributed by atoms with van der Waals surface area (Å²) in [4.78, 5) is 25.8. The van der Waals surface area contributed by atoms with Gasteiger partial charge in [0.25, 0.3) is 0 Å². The van der Waals surface area contributed by atoms with Crippen LogP contribution < -0.4 is 9.47 Å². The molecule has 0 saturated heterocycles. The minimum atomic E-state index is -0.580. The van der Waals surface area contributed by atoms with Crippen LogP contribution in [0.4, 0.5) is 4.79 Å². The second-order valence-corrected chi connectivity index (χ2v) is 5.32. The summed E-state index contributed by atoms with van der Waals surface area (Å²) in [5.41, 5.74) is 0.312. The van der Waals surface area contributed by atoms with Crippen LogP contribution in [0.1, 0.15) is 24.2 Å². The lowest BCUT2D eigenvalue weighted by Gasteiger charge is -2.18. The molecule has 0 aliphatic heterocycles. The van der Waals surface area contributed by atoms with E-state index >= 15 is 0 Å². The van der Waals surface area contributed by atoms with Crippen molar-refractivity contribution in [1.29, 1.82) is 0 Å². The van der Waals surface area contributed by atoms with E-state index in [4.69, 9.17) is 21.1 Å². The number of esters is 1. The van der Waals surface area contributed by atoms with E-state index < -0.39 is 12.1 Å². The molecule has 5 nitrogen and oxygen atoms in total. The van der Waals surface area contributed by atoms with Crippen LogP contribution in [-0.2, 0) is 0 Å². The Hall–Kier alpha value is -2.53. The fraction of sp³-hybridized carbons (Fsp3) is 0.222. The molecular formula is C18H18ClNO4. The molecule has 0 atom stereocenters. The molecule has 0 N–H and O–H groups in total. The highest BCUT2D eigenvalue weighted by Gasteiger charge is 2.17. The second-order valence-electron chi connectivity index (χ2n) is 4.89. The largest absolute Gasteiger partial charge is 0.419 e. The van der Waals surface area contributed by atoms with Crippen molar-refractivity contribution in [2.45, 2.75) is 13.8 Å². The van der Waals surface area contributed by atoms with Gasteiger partial charge in [-0.3, -0.25) is 0 Å². The number of carbonyl (C=O) groups excluding carboxylic acids is 2. The third-order valence-corrected chi connectivity index (χ3v) is 3.57. The number of hydrogen-bond acceptors (Lipinski definition) is 4. The monoisotopic (exact) mass is 347 g/mol. The van der Waals surface area contributed by atoms with Gasteiger partial charge in [-0.2, -0.15) is 0 Å². The quantitative estimate of drug-likeness (QED) is 0.594. The summed E-state index contributed by atoms with van der Waals surface area (Å²) in [7, 11) is 0. The third-order valence-electron chi connectivity index (χ3n) is 3.33. The average molecular weight is 348 g/mol. The molecule has 2 rings (SSSR count). The summed E-state index contributed by atoms with van der Waals surface area (Å²) in [5.74, 6) is -0.225. The highest BCUT2D eigenvalue weighted by molar-refractivity contribution is 6.30. The molecule has 0 fully saturated rings. The summed E-state index contributed by atoms with van der Waals surface area (Å²) < 4.78 is 10.7. The molecule has 0 saturated carbocycles. The van der Waals surface area contributed by atoms with Crippen molar-refractivity contribution < 1.29 is 19.1 Å². The van der Waals surface area contributed by atoms with Gasteiger partial charge in [0, 0.05) is 18.1 Å². The predicted molar refractivity (Wildman–Crippen MR) is 91.8 cm³/mol. The van der Waals surface area contributed by atoms with Crippen molar-refractivity contribution in [2.75, 3.05) is 13.1 Å². The molecule has 0 unspecified atom stereocenters. The fourth-order valence-electron chi connectivity index (χ4n) is 2.03. The van der Waals surface area contributed by atoms with Gasteiger partial charge in [-0.1, -0.05) is 29.8 Å². The van der Waals surface area contributed by atoms with E-state index in [9.17, 15) is 9.59 Å². The standard InChI is InChI=1S/C18H18ClNO4/c1-3-20(4-2)18(22)24-16-11-6-5-10-15(16)23-17(21)13-8-7-9-14(19)12-13/h5-12H,3-4H2,1-2H3. The predicted octanol–water partition coefficient (Wildman–Crippen LogP) is 4.40. The zero-order valence-corrected chi connectivity index (χ0v) is 14.2. The first-order valence-electron chi connectivity index (χ1n) is 7.58. The Balaban J connectivity index is 2.17. The SMILES string of the molecule is CCN(CC)C(=O)Oc1ccccc1OC(=O)c1cccc(Cl)c1. The van der Waals surface area contributed by atoms with Crippen molar-refractivity contribution >= 4 is 23.7 Å². The van der Waals surface area contributed by atoms with Crippen molar-refractivity contribution in [3.05, 3.63) is 59.1 Å². The van der Waals surface area contributed by atoms with E-state index in [2.05, 4.69) is 0 Å². The molecule has 24 heavy (non-hydrogen) atoms. The number of ether oxygens (including phenoxy) is 2. The summed E-state index contributed by atoms with van der Waals surface area (Å²) in [5, 5.41) is 0.436. The zero-order valence-electron chi connectivity index (χ0n) is 13.5. The number of halogens is 1. The molecule has 0 radical (unpaired) electrons. The third kappa shape index (κ3) is 4.49. The lowest BCUT2D eigenvalue weighted by atomic mass is 10.2. The molecule has 0 heterocycles. The molecule has 6 heteroatoms. The molecule has 0 spiro atoms. The van der Waals surface area contributed by atoms with E-state index in [0.29, 0.717) is 23.7 Å². The van der Waals surface area contributed by atoms with Crippen molar-refractivity contribution in [3.8, 4) is 11.5 Å². The van der Waals surface area contributed by atoms with Gasteiger partial charge in [0.05, 0.1) is 5.56 Å². The number of para-hydroxylation sites is 2. The van der Waals surface area contributed by atoms with E-state index in [1.54, 1.807) is 42.5 Å². The van der Waals surface area contributed by atoms with Crippen LogP contribution in [-0.4, -0.2) is 30.1 Å². The second kappa shape index (κ2) is 8.36. The molecule has 2 aromatic rings. The van der Waals surface area contributed by atoms with E-state index in [-0.39, 0.29) is 11.5 Å². The van der Waals surface area contributed by atoms with Crippen LogP contribution in [0.15, 0.2) is 48.5 Å². The Bertz CT molecular complexity index is 728. The fourth-order valence-corrected chi connectivity index (χ4v) is 2.22. The minimum absolute atomic E-state index is 0.169. The molecule has 1 amide bonds. The van der Waals surface area contributed by atoms with Gasteiger partial charge < -0.3 is 14.4 Å². The van der Waals surface area contributed by atoms with Crippen molar-refractivity contribution in [1.82, 2.24) is 4.90 Å². The first-order valence-corrected chi connectivity index (χ1v) is 7.96. The molecule has 2 aromatic carbocycles. The van der Waals surface area contributed by atoms with Crippen LogP contribution in [0.3, 0.4) is 0 Å². The molecule has 0 bridgehead atoms.